The summed E-state index contributed by atoms with van der Waals surface area (Å²) in [6.07, 6.45) is -3.07. The highest BCUT2D eigenvalue weighted by atomic mass is 35.5. The van der Waals surface area contributed by atoms with Gasteiger partial charge in [-0.15, -0.1) is 11.6 Å². The highest BCUT2D eigenvalue weighted by molar-refractivity contribution is 6.17. The van der Waals surface area contributed by atoms with Crippen molar-refractivity contribution in [1.82, 2.24) is 14.5 Å². The minimum absolute atomic E-state index is 0.0678. The summed E-state index contributed by atoms with van der Waals surface area (Å²) in [5.74, 6) is 0.637. The maximum absolute atomic E-state index is 13.0. The van der Waals surface area contributed by atoms with Crippen LogP contribution in [-0.2, 0) is 18.6 Å². The Morgan fingerprint density at radius 1 is 1.21 bits per heavy atom. The summed E-state index contributed by atoms with van der Waals surface area (Å²) in [5.41, 5.74) is 0.772. The van der Waals surface area contributed by atoms with E-state index in [0.29, 0.717) is 23.4 Å². The number of benzene rings is 1. The van der Waals surface area contributed by atoms with Crippen LogP contribution in [0.4, 0.5) is 13.2 Å². The van der Waals surface area contributed by atoms with Crippen molar-refractivity contribution in [2.75, 3.05) is 7.11 Å². The lowest BCUT2D eigenvalue weighted by Crippen LogP contribution is -2.10. The van der Waals surface area contributed by atoms with E-state index in [1.54, 1.807) is 23.8 Å². The quantitative estimate of drug-likeness (QED) is 0.657. The smallest absolute Gasteiger partial charge is 0.433 e. The predicted octanol–water partition coefficient (Wildman–Crippen LogP) is 4.25. The SMILES string of the molecule is COc1ccc(Cn2cnc3c(CCl)cc(C(F)(F)F)nc32)cc1. The molecule has 0 saturated heterocycles. The van der Waals surface area contributed by atoms with Gasteiger partial charge in [-0.1, -0.05) is 12.1 Å². The number of halogens is 4. The highest BCUT2D eigenvalue weighted by Crippen LogP contribution is 2.31. The Bertz CT molecular complexity index is 859. The Morgan fingerprint density at radius 3 is 2.50 bits per heavy atom. The van der Waals surface area contributed by atoms with E-state index in [9.17, 15) is 13.2 Å². The Labute approximate surface area is 140 Å². The molecule has 8 heteroatoms. The molecule has 0 atom stereocenters. The third kappa shape index (κ3) is 3.17. The van der Waals surface area contributed by atoms with Crippen molar-refractivity contribution in [3.63, 3.8) is 0 Å². The van der Waals surface area contributed by atoms with Crippen molar-refractivity contribution in [3.8, 4) is 5.75 Å². The summed E-state index contributed by atoms with van der Waals surface area (Å²) < 4.78 is 45.8. The fourth-order valence-corrected chi connectivity index (χ4v) is 2.59. The predicted molar refractivity (Wildman–Crippen MR) is 84.2 cm³/mol. The number of alkyl halides is 4. The van der Waals surface area contributed by atoms with Gasteiger partial charge in [0.25, 0.3) is 0 Å². The average Bonchev–Trinajstić information content (AvgIpc) is 2.97. The van der Waals surface area contributed by atoms with Crippen LogP contribution in [0.5, 0.6) is 5.75 Å². The molecule has 0 N–H and O–H groups in total. The number of pyridine rings is 1. The van der Waals surface area contributed by atoms with Crippen molar-refractivity contribution in [2.24, 2.45) is 0 Å². The third-order valence-electron chi connectivity index (χ3n) is 3.60. The van der Waals surface area contributed by atoms with Crippen LogP contribution < -0.4 is 4.74 Å². The zero-order chi connectivity index (χ0) is 17.3. The second-order valence-electron chi connectivity index (χ2n) is 5.19. The van der Waals surface area contributed by atoms with E-state index in [4.69, 9.17) is 16.3 Å². The standard InChI is InChI=1S/C16H13ClF3N3O/c1-24-12-4-2-10(3-5-12)8-23-9-21-14-11(7-17)6-13(16(18,19)20)22-15(14)23/h2-6,9H,7-8H2,1H3. The largest absolute Gasteiger partial charge is 0.497 e. The Kier molecular flexibility index (Phi) is 4.36. The minimum atomic E-state index is -4.54. The monoisotopic (exact) mass is 355 g/mol. The Hall–Kier alpha value is -2.28. The number of hydrogen-bond donors (Lipinski definition) is 0. The van der Waals surface area contributed by atoms with E-state index < -0.39 is 11.9 Å². The summed E-state index contributed by atoms with van der Waals surface area (Å²) in [7, 11) is 1.56. The first-order chi connectivity index (χ1) is 11.4. The molecule has 0 amide bonds. The zero-order valence-corrected chi connectivity index (χ0v) is 13.4. The van der Waals surface area contributed by atoms with Crippen LogP contribution in [-0.4, -0.2) is 21.6 Å². The molecular weight excluding hydrogens is 343 g/mol. The molecule has 0 unspecified atom stereocenters. The van der Waals surface area contributed by atoms with Gasteiger partial charge in [0.05, 0.1) is 20.0 Å². The minimum Gasteiger partial charge on any atom is -0.497 e. The number of ether oxygens (including phenoxy) is 1. The number of rotatable bonds is 4. The van der Waals surface area contributed by atoms with Gasteiger partial charge in [0.1, 0.15) is 17.0 Å². The average molecular weight is 356 g/mol. The zero-order valence-electron chi connectivity index (χ0n) is 12.6. The van der Waals surface area contributed by atoms with Crippen LogP contribution in [0.25, 0.3) is 11.2 Å². The first kappa shape index (κ1) is 16.6. The molecule has 0 aliphatic rings. The summed E-state index contributed by atoms with van der Waals surface area (Å²) >= 11 is 5.77. The summed E-state index contributed by atoms with van der Waals surface area (Å²) in [4.78, 5) is 7.90. The molecule has 3 rings (SSSR count). The first-order valence-corrected chi connectivity index (χ1v) is 7.56. The van der Waals surface area contributed by atoms with E-state index in [0.717, 1.165) is 11.6 Å². The van der Waals surface area contributed by atoms with Crippen molar-refractivity contribution in [3.05, 3.63) is 53.5 Å². The van der Waals surface area contributed by atoms with Crippen molar-refractivity contribution >= 4 is 22.8 Å². The van der Waals surface area contributed by atoms with Gasteiger partial charge in [-0.2, -0.15) is 13.2 Å². The number of hydrogen-bond acceptors (Lipinski definition) is 3. The molecule has 1 aromatic carbocycles. The van der Waals surface area contributed by atoms with Gasteiger partial charge in [0.15, 0.2) is 5.65 Å². The summed E-state index contributed by atoms with van der Waals surface area (Å²) in [6, 6.07) is 8.18. The Morgan fingerprint density at radius 2 is 1.92 bits per heavy atom. The molecule has 2 heterocycles. The molecule has 0 radical (unpaired) electrons. The summed E-state index contributed by atoms with van der Waals surface area (Å²) in [5, 5.41) is 0. The van der Waals surface area contributed by atoms with Crippen LogP contribution in [0, 0.1) is 0 Å². The molecule has 0 fully saturated rings. The van der Waals surface area contributed by atoms with Crippen LogP contribution >= 0.6 is 11.6 Å². The van der Waals surface area contributed by atoms with E-state index in [2.05, 4.69) is 9.97 Å². The van der Waals surface area contributed by atoms with Crippen LogP contribution in [0.15, 0.2) is 36.7 Å². The topological polar surface area (TPSA) is 39.9 Å². The number of nitrogens with zero attached hydrogens (tertiary/aromatic N) is 3. The lowest BCUT2D eigenvalue weighted by atomic mass is 10.2. The second kappa shape index (κ2) is 6.32. The molecule has 0 aliphatic carbocycles. The molecule has 0 saturated carbocycles. The van der Waals surface area contributed by atoms with Crippen molar-refractivity contribution < 1.29 is 17.9 Å². The summed E-state index contributed by atoms with van der Waals surface area (Å²) in [6.45, 7) is 0.344. The number of fused-ring (bicyclic) bond motifs is 1. The van der Waals surface area contributed by atoms with Gasteiger partial charge >= 0.3 is 6.18 Å². The molecule has 0 aliphatic heterocycles. The van der Waals surface area contributed by atoms with Gasteiger partial charge in [-0.05, 0) is 29.3 Å². The first-order valence-electron chi connectivity index (χ1n) is 7.03. The number of aromatic nitrogens is 3. The fraction of sp³-hybridized carbons (Fsp3) is 0.250. The number of imidazole rings is 1. The maximum atomic E-state index is 13.0. The molecular formula is C16H13ClF3N3O. The van der Waals surface area contributed by atoms with E-state index in [-0.39, 0.29) is 11.5 Å². The molecule has 0 spiro atoms. The second-order valence-corrected chi connectivity index (χ2v) is 5.46. The normalized spacial score (nSPS) is 11.9. The van der Waals surface area contributed by atoms with Gasteiger partial charge in [0, 0.05) is 5.88 Å². The molecule has 4 nitrogen and oxygen atoms in total. The van der Waals surface area contributed by atoms with Crippen molar-refractivity contribution in [1.29, 1.82) is 0 Å². The van der Waals surface area contributed by atoms with E-state index >= 15 is 0 Å². The highest BCUT2D eigenvalue weighted by Gasteiger charge is 2.34. The molecule has 3 aromatic rings. The van der Waals surface area contributed by atoms with Gasteiger partial charge in [-0.3, -0.25) is 0 Å². The van der Waals surface area contributed by atoms with Gasteiger partial charge in [0.2, 0.25) is 0 Å². The van der Waals surface area contributed by atoms with Crippen LogP contribution in [0.1, 0.15) is 16.8 Å². The lowest BCUT2D eigenvalue weighted by Gasteiger charge is -2.10. The van der Waals surface area contributed by atoms with E-state index in [1.807, 2.05) is 12.1 Å². The third-order valence-corrected chi connectivity index (χ3v) is 3.89. The van der Waals surface area contributed by atoms with E-state index in [1.165, 1.54) is 6.33 Å². The van der Waals surface area contributed by atoms with Crippen molar-refractivity contribution in [2.45, 2.75) is 18.6 Å². The molecule has 126 valence electrons. The van der Waals surface area contributed by atoms with Crippen LogP contribution in [0.3, 0.4) is 0 Å². The number of methoxy groups -OCH3 is 1. The Balaban J connectivity index is 2.04. The van der Waals surface area contributed by atoms with Crippen LogP contribution in [0.2, 0.25) is 0 Å². The molecule has 2 aromatic heterocycles. The molecule has 24 heavy (non-hydrogen) atoms. The lowest BCUT2D eigenvalue weighted by molar-refractivity contribution is -0.141. The van der Waals surface area contributed by atoms with Gasteiger partial charge < -0.3 is 9.30 Å². The fourth-order valence-electron chi connectivity index (χ4n) is 2.39. The maximum Gasteiger partial charge on any atom is 0.433 e. The van der Waals surface area contributed by atoms with Gasteiger partial charge in [-0.25, -0.2) is 9.97 Å². The molecule has 0 bridgehead atoms.